The molecule has 1 N–H and O–H groups in total. The van der Waals surface area contributed by atoms with Crippen molar-refractivity contribution in [3.63, 3.8) is 0 Å². The molecule has 0 aliphatic carbocycles. The number of benzene rings is 1. The van der Waals surface area contributed by atoms with Crippen LogP contribution in [-0.2, 0) is 9.53 Å². The van der Waals surface area contributed by atoms with Crippen molar-refractivity contribution >= 4 is 17.7 Å². The van der Waals surface area contributed by atoms with E-state index >= 15 is 0 Å². The SMILES string of the molecule is CC(=O)NCC1CN(c2ccc(-n3ncnn3)c(F)c2)C(=O)O1. The molecule has 2 aromatic rings. The lowest BCUT2D eigenvalue weighted by Crippen LogP contribution is -2.33. The Labute approximate surface area is 130 Å². The van der Waals surface area contributed by atoms with Crippen molar-refractivity contribution in [3.8, 4) is 5.69 Å². The molecule has 2 amide bonds. The van der Waals surface area contributed by atoms with E-state index in [1.165, 1.54) is 30.3 Å². The van der Waals surface area contributed by atoms with E-state index in [1.54, 1.807) is 6.07 Å². The quantitative estimate of drug-likeness (QED) is 0.867. The predicted molar refractivity (Wildman–Crippen MR) is 75.4 cm³/mol. The molecule has 1 saturated heterocycles. The van der Waals surface area contributed by atoms with Gasteiger partial charge in [-0.05, 0) is 17.3 Å². The van der Waals surface area contributed by atoms with E-state index in [0.717, 1.165) is 4.80 Å². The zero-order valence-electron chi connectivity index (χ0n) is 12.1. The molecule has 3 rings (SSSR count). The number of carbonyl (C=O) groups excluding carboxylic acids is 2. The fourth-order valence-corrected chi connectivity index (χ4v) is 2.20. The summed E-state index contributed by atoms with van der Waals surface area (Å²) in [7, 11) is 0. The van der Waals surface area contributed by atoms with Crippen LogP contribution in [0.4, 0.5) is 14.9 Å². The Kier molecular flexibility index (Phi) is 3.87. The van der Waals surface area contributed by atoms with Crippen molar-refractivity contribution < 1.29 is 18.7 Å². The van der Waals surface area contributed by atoms with Crippen molar-refractivity contribution in [1.82, 2.24) is 25.5 Å². The van der Waals surface area contributed by atoms with Crippen LogP contribution in [0.3, 0.4) is 0 Å². The largest absolute Gasteiger partial charge is 0.442 e. The average molecular weight is 320 g/mol. The third-order valence-electron chi connectivity index (χ3n) is 3.26. The first-order valence-electron chi connectivity index (χ1n) is 6.80. The number of anilines is 1. The number of hydrogen-bond donors (Lipinski definition) is 1. The van der Waals surface area contributed by atoms with E-state index in [9.17, 15) is 14.0 Å². The topological polar surface area (TPSA) is 102 Å². The van der Waals surface area contributed by atoms with Crippen LogP contribution >= 0.6 is 0 Å². The molecule has 9 nitrogen and oxygen atoms in total. The number of tetrazole rings is 1. The van der Waals surface area contributed by atoms with Gasteiger partial charge in [-0.1, -0.05) is 0 Å². The zero-order chi connectivity index (χ0) is 16.4. The van der Waals surface area contributed by atoms with Crippen LogP contribution in [0.15, 0.2) is 24.5 Å². The summed E-state index contributed by atoms with van der Waals surface area (Å²) in [5.74, 6) is -0.811. The van der Waals surface area contributed by atoms with Crippen LogP contribution < -0.4 is 10.2 Å². The number of aromatic nitrogens is 4. The van der Waals surface area contributed by atoms with E-state index in [4.69, 9.17) is 4.74 Å². The molecule has 1 aromatic heterocycles. The number of cyclic esters (lactones) is 1. The van der Waals surface area contributed by atoms with Crippen LogP contribution in [0, 0.1) is 5.82 Å². The molecule has 120 valence electrons. The smallest absolute Gasteiger partial charge is 0.414 e. The van der Waals surface area contributed by atoms with E-state index < -0.39 is 18.0 Å². The summed E-state index contributed by atoms with van der Waals surface area (Å²) in [4.78, 5) is 25.1. The lowest BCUT2D eigenvalue weighted by atomic mass is 10.2. The molecule has 1 unspecified atom stereocenters. The zero-order valence-corrected chi connectivity index (χ0v) is 12.1. The minimum absolute atomic E-state index is 0.119. The van der Waals surface area contributed by atoms with Gasteiger partial charge in [0.05, 0.1) is 18.8 Å². The van der Waals surface area contributed by atoms with Gasteiger partial charge in [0, 0.05) is 13.0 Å². The molecular weight excluding hydrogens is 307 g/mol. The van der Waals surface area contributed by atoms with Crippen molar-refractivity contribution in [2.45, 2.75) is 13.0 Å². The highest BCUT2D eigenvalue weighted by Crippen LogP contribution is 2.24. The van der Waals surface area contributed by atoms with E-state index in [0.29, 0.717) is 5.69 Å². The Morgan fingerprint density at radius 3 is 3.00 bits per heavy atom. The summed E-state index contributed by atoms with van der Waals surface area (Å²) in [6, 6.07) is 4.20. The summed E-state index contributed by atoms with van der Waals surface area (Å²) < 4.78 is 19.3. The van der Waals surface area contributed by atoms with Crippen molar-refractivity contribution in [2.75, 3.05) is 18.0 Å². The highest BCUT2D eigenvalue weighted by Gasteiger charge is 2.32. The Morgan fingerprint density at radius 2 is 2.35 bits per heavy atom. The van der Waals surface area contributed by atoms with Crippen LogP contribution in [0.25, 0.3) is 5.69 Å². The van der Waals surface area contributed by atoms with Gasteiger partial charge in [-0.3, -0.25) is 9.69 Å². The van der Waals surface area contributed by atoms with Gasteiger partial charge in [-0.2, -0.15) is 0 Å². The predicted octanol–water partition coefficient (Wildman–Crippen LogP) is 0.263. The third kappa shape index (κ3) is 3.10. The minimum atomic E-state index is -0.599. The van der Waals surface area contributed by atoms with Gasteiger partial charge in [0.2, 0.25) is 5.91 Å². The van der Waals surface area contributed by atoms with E-state index in [2.05, 4.69) is 20.7 Å². The average Bonchev–Trinajstić information content (AvgIpc) is 3.14. The summed E-state index contributed by atoms with van der Waals surface area (Å²) in [6.07, 6.45) is 0.121. The second-order valence-electron chi connectivity index (χ2n) is 4.91. The van der Waals surface area contributed by atoms with Crippen LogP contribution in [-0.4, -0.2) is 51.4 Å². The molecule has 1 atom stereocenters. The molecule has 0 spiro atoms. The molecule has 0 bridgehead atoms. The summed E-state index contributed by atoms with van der Waals surface area (Å²) in [6.45, 7) is 1.81. The van der Waals surface area contributed by atoms with Crippen molar-refractivity contribution in [3.05, 3.63) is 30.3 Å². The van der Waals surface area contributed by atoms with Gasteiger partial charge < -0.3 is 10.1 Å². The van der Waals surface area contributed by atoms with Gasteiger partial charge in [0.15, 0.2) is 12.1 Å². The maximum atomic E-state index is 14.2. The Bertz CT molecular complexity index is 735. The van der Waals surface area contributed by atoms with Crippen molar-refractivity contribution in [2.24, 2.45) is 0 Å². The van der Waals surface area contributed by atoms with Crippen LogP contribution in [0.5, 0.6) is 0 Å². The number of hydrogen-bond acceptors (Lipinski definition) is 6. The van der Waals surface area contributed by atoms with Crippen LogP contribution in [0.1, 0.15) is 6.92 Å². The Balaban J connectivity index is 1.76. The molecule has 23 heavy (non-hydrogen) atoms. The first kappa shape index (κ1) is 14.9. The van der Waals surface area contributed by atoms with Gasteiger partial charge in [0.25, 0.3) is 0 Å². The maximum absolute atomic E-state index is 14.2. The molecule has 0 radical (unpaired) electrons. The number of amides is 2. The molecule has 1 aliphatic rings. The lowest BCUT2D eigenvalue weighted by molar-refractivity contribution is -0.119. The first-order chi connectivity index (χ1) is 11.0. The monoisotopic (exact) mass is 320 g/mol. The van der Waals surface area contributed by atoms with Gasteiger partial charge >= 0.3 is 6.09 Å². The van der Waals surface area contributed by atoms with Gasteiger partial charge in [-0.25, -0.2) is 9.18 Å². The van der Waals surface area contributed by atoms with Gasteiger partial charge in [-0.15, -0.1) is 15.0 Å². The summed E-state index contributed by atoms with van der Waals surface area (Å²) in [5, 5.41) is 13.5. The molecule has 10 heteroatoms. The number of nitrogens with one attached hydrogen (secondary N) is 1. The van der Waals surface area contributed by atoms with Gasteiger partial charge in [0.1, 0.15) is 11.8 Å². The molecular formula is C13H13FN6O3. The highest BCUT2D eigenvalue weighted by molar-refractivity contribution is 5.90. The number of ether oxygens (including phenoxy) is 1. The molecule has 0 saturated carbocycles. The fourth-order valence-electron chi connectivity index (χ4n) is 2.20. The van der Waals surface area contributed by atoms with E-state index in [1.807, 2.05) is 0 Å². The highest BCUT2D eigenvalue weighted by atomic mass is 19.1. The lowest BCUT2D eigenvalue weighted by Gasteiger charge is -2.14. The fraction of sp³-hybridized carbons (Fsp3) is 0.308. The third-order valence-corrected chi connectivity index (χ3v) is 3.26. The Morgan fingerprint density at radius 1 is 1.52 bits per heavy atom. The summed E-state index contributed by atoms with van der Waals surface area (Å²) in [5.41, 5.74) is 0.468. The normalized spacial score (nSPS) is 17.2. The standard InChI is InChI=1S/C13H13FN6O3/c1-8(21)15-5-10-6-19(13(22)23-10)9-2-3-12(11(14)4-9)20-17-7-16-18-20/h2-4,7,10H,5-6H2,1H3,(H,15,21). The molecule has 1 aliphatic heterocycles. The number of halogens is 1. The maximum Gasteiger partial charge on any atom is 0.414 e. The first-order valence-corrected chi connectivity index (χ1v) is 6.80. The second kappa shape index (κ2) is 5.99. The minimum Gasteiger partial charge on any atom is -0.442 e. The Hall–Kier alpha value is -3.04. The van der Waals surface area contributed by atoms with Crippen molar-refractivity contribution in [1.29, 1.82) is 0 Å². The molecule has 1 aromatic carbocycles. The number of rotatable bonds is 4. The second-order valence-corrected chi connectivity index (χ2v) is 4.91. The molecule has 2 heterocycles. The molecule has 1 fully saturated rings. The number of carbonyl (C=O) groups is 2. The number of nitrogens with zero attached hydrogens (tertiary/aromatic N) is 5. The van der Waals surface area contributed by atoms with E-state index in [-0.39, 0.29) is 24.7 Å². The van der Waals surface area contributed by atoms with Crippen LogP contribution in [0.2, 0.25) is 0 Å². The summed E-state index contributed by atoms with van der Waals surface area (Å²) >= 11 is 0.